The van der Waals surface area contributed by atoms with Gasteiger partial charge in [0.05, 0.1) is 0 Å². The van der Waals surface area contributed by atoms with E-state index in [1.54, 1.807) is 0 Å². The van der Waals surface area contributed by atoms with Crippen LogP contribution in [0.2, 0.25) is 5.02 Å². The molecule has 0 aliphatic carbocycles. The van der Waals surface area contributed by atoms with Gasteiger partial charge in [0.1, 0.15) is 11.6 Å². The highest BCUT2D eigenvalue weighted by atomic mass is 35.5. The molecule has 21 heavy (non-hydrogen) atoms. The lowest BCUT2D eigenvalue weighted by molar-refractivity contribution is 0.102. The Kier molecular flexibility index (Phi) is 4.57. The highest BCUT2D eigenvalue weighted by Crippen LogP contribution is 2.15. The third-order valence-corrected chi connectivity index (χ3v) is 2.99. The smallest absolute Gasteiger partial charge is 0.423 e. The number of rotatable bonds is 3. The van der Waals surface area contributed by atoms with E-state index in [-0.39, 0.29) is 21.7 Å². The second-order valence-corrected chi connectivity index (χ2v) is 4.63. The topological polar surface area (TPSA) is 69.6 Å². The van der Waals surface area contributed by atoms with Crippen molar-refractivity contribution in [3.8, 4) is 0 Å². The average molecular weight is 311 g/mol. The molecule has 0 saturated carbocycles. The van der Waals surface area contributed by atoms with Gasteiger partial charge in [0.15, 0.2) is 0 Å². The normalized spacial score (nSPS) is 10.3. The fourth-order valence-corrected chi connectivity index (χ4v) is 1.99. The summed E-state index contributed by atoms with van der Waals surface area (Å²) in [6, 6.07) is 6.42. The molecule has 0 aliphatic rings. The summed E-state index contributed by atoms with van der Waals surface area (Å²) < 4.78 is 26.0. The highest BCUT2D eigenvalue weighted by molar-refractivity contribution is 6.62. The summed E-state index contributed by atoms with van der Waals surface area (Å²) in [7, 11) is -1.76. The molecule has 0 radical (unpaired) electrons. The number of halogens is 3. The summed E-state index contributed by atoms with van der Waals surface area (Å²) in [5, 5.41) is 20.3. The Morgan fingerprint density at radius 2 is 1.71 bits per heavy atom. The minimum atomic E-state index is -1.76. The Hall–Kier alpha value is -1.96. The summed E-state index contributed by atoms with van der Waals surface area (Å²) in [6.45, 7) is 0. The summed E-state index contributed by atoms with van der Waals surface area (Å²) in [4.78, 5) is 11.9. The van der Waals surface area contributed by atoms with Crippen molar-refractivity contribution in [1.82, 2.24) is 0 Å². The van der Waals surface area contributed by atoms with E-state index in [0.717, 1.165) is 12.1 Å². The fraction of sp³-hybridized carbons (Fsp3) is 0. The van der Waals surface area contributed by atoms with Gasteiger partial charge in [-0.2, -0.15) is 0 Å². The van der Waals surface area contributed by atoms with Crippen LogP contribution in [0.4, 0.5) is 14.5 Å². The van der Waals surface area contributed by atoms with Crippen molar-refractivity contribution >= 4 is 35.8 Å². The van der Waals surface area contributed by atoms with Crippen molar-refractivity contribution < 1.29 is 23.6 Å². The summed E-state index contributed by atoms with van der Waals surface area (Å²) in [6.07, 6.45) is 0. The Labute approximate surface area is 124 Å². The fourth-order valence-electron chi connectivity index (χ4n) is 1.71. The van der Waals surface area contributed by atoms with E-state index in [9.17, 15) is 13.6 Å². The minimum absolute atomic E-state index is 0.0110. The molecule has 0 spiro atoms. The zero-order valence-electron chi connectivity index (χ0n) is 10.5. The quantitative estimate of drug-likeness (QED) is 0.753. The molecule has 0 unspecified atom stereocenters. The molecule has 4 nitrogen and oxygen atoms in total. The van der Waals surface area contributed by atoms with Crippen molar-refractivity contribution in [3.05, 3.63) is 58.6 Å². The van der Waals surface area contributed by atoms with E-state index in [1.807, 2.05) is 0 Å². The monoisotopic (exact) mass is 311 g/mol. The van der Waals surface area contributed by atoms with Gasteiger partial charge in [-0.3, -0.25) is 4.79 Å². The van der Waals surface area contributed by atoms with Gasteiger partial charge in [0, 0.05) is 27.8 Å². The largest absolute Gasteiger partial charge is 0.489 e. The standard InChI is InChI=1S/C13H9BClF2NO3/c15-12-3-7(1-2-11(12)14(20)21)13(19)18-10-5-8(16)4-9(17)6-10/h1-6,20-21H,(H,18,19). The van der Waals surface area contributed by atoms with E-state index in [2.05, 4.69) is 5.32 Å². The molecule has 108 valence electrons. The van der Waals surface area contributed by atoms with Gasteiger partial charge in [-0.25, -0.2) is 8.78 Å². The Bertz CT molecular complexity index is 677. The minimum Gasteiger partial charge on any atom is -0.423 e. The molecule has 0 fully saturated rings. The van der Waals surface area contributed by atoms with E-state index in [1.165, 1.54) is 18.2 Å². The first kappa shape index (κ1) is 15.4. The zero-order chi connectivity index (χ0) is 15.6. The average Bonchev–Trinajstić information content (AvgIpc) is 2.36. The molecule has 1 amide bonds. The molecular weight excluding hydrogens is 302 g/mol. The Balaban J connectivity index is 2.22. The lowest BCUT2D eigenvalue weighted by Gasteiger charge is -2.08. The Morgan fingerprint density at radius 3 is 2.24 bits per heavy atom. The van der Waals surface area contributed by atoms with E-state index < -0.39 is 24.7 Å². The van der Waals surface area contributed by atoms with Gasteiger partial charge in [-0.05, 0) is 24.3 Å². The van der Waals surface area contributed by atoms with Crippen LogP contribution in [0.1, 0.15) is 10.4 Å². The highest BCUT2D eigenvalue weighted by Gasteiger charge is 2.17. The van der Waals surface area contributed by atoms with Crippen molar-refractivity contribution in [3.63, 3.8) is 0 Å². The maximum atomic E-state index is 13.0. The maximum absolute atomic E-state index is 13.0. The molecular formula is C13H9BClF2NO3. The van der Waals surface area contributed by atoms with E-state index in [4.69, 9.17) is 21.6 Å². The van der Waals surface area contributed by atoms with E-state index in [0.29, 0.717) is 6.07 Å². The van der Waals surface area contributed by atoms with Crippen LogP contribution in [0.15, 0.2) is 36.4 Å². The van der Waals surface area contributed by atoms with Crippen molar-refractivity contribution in [2.75, 3.05) is 5.32 Å². The molecule has 2 rings (SSSR count). The van der Waals surface area contributed by atoms with Crippen LogP contribution in [0, 0.1) is 11.6 Å². The molecule has 2 aromatic carbocycles. The van der Waals surface area contributed by atoms with Crippen molar-refractivity contribution in [2.45, 2.75) is 0 Å². The van der Waals surface area contributed by atoms with Crippen molar-refractivity contribution in [1.29, 1.82) is 0 Å². The molecule has 0 bridgehead atoms. The number of nitrogens with one attached hydrogen (secondary N) is 1. The van der Waals surface area contributed by atoms with Gasteiger partial charge >= 0.3 is 7.12 Å². The van der Waals surface area contributed by atoms with Gasteiger partial charge in [0.25, 0.3) is 5.91 Å². The predicted molar refractivity (Wildman–Crippen MR) is 75.6 cm³/mol. The number of carbonyl (C=O) groups excluding carboxylic acids is 1. The molecule has 0 atom stereocenters. The van der Waals surface area contributed by atoms with Crippen LogP contribution in [0.25, 0.3) is 0 Å². The number of anilines is 1. The zero-order valence-corrected chi connectivity index (χ0v) is 11.2. The Morgan fingerprint density at radius 1 is 1.10 bits per heavy atom. The van der Waals surface area contributed by atoms with Crippen LogP contribution in [-0.4, -0.2) is 23.1 Å². The second kappa shape index (κ2) is 6.21. The number of hydrogen-bond acceptors (Lipinski definition) is 3. The number of hydrogen-bond donors (Lipinski definition) is 3. The van der Waals surface area contributed by atoms with Crippen LogP contribution in [-0.2, 0) is 0 Å². The van der Waals surface area contributed by atoms with Gasteiger partial charge < -0.3 is 15.4 Å². The number of benzene rings is 2. The van der Waals surface area contributed by atoms with Gasteiger partial charge in [-0.1, -0.05) is 17.7 Å². The number of amides is 1. The molecule has 0 saturated heterocycles. The first-order chi connectivity index (χ1) is 9.86. The third kappa shape index (κ3) is 3.78. The predicted octanol–water partition coefficient (Wildman–Crippen LogP) is 1.55. The summed E-state index contributed by atoms with van der Waals surface area (Å²) >= 11 is 5.80. The van der Waals surface area contributed by atoms with Crippen molar-refractivity contribution in [2.24, 2.45) is 0 Å². The molecule has 0 aliphatic heterocycles. The molecule has 3 N–H and O–H groups in total. The molecule has 8 heteroatoms. The van der Waals surface area contributed by atoms with Crippen LogP contribution in [0.3, 0.4) is 0 Å². The first-order valence-corrected chi connectivity index (χ1v) is 6.17. The van der Waals surface area contributed by atoms with E-state index >= 15 is 0 Å². The second-order valence-electron chi connectivity index (χ2n) is 4.22. The van der Waals surface area contributed by atoms with Crippen LogP contribution >= 0.6 is 11.6 Å². The number of carbonyl (C=O) groups is 1. The first-order valence-electron chi connectivity index (χ1n) is 5.80. The van der Waals surface area contributed by atoms with Crippen LogP contribution in [0.5, 0.6) is 0 Å². The molecule has 2 aromatic rings. The third-order valence-electron chi connectivity index (χ3n) is 2.66. The summed E-state index contributed by atoms with van der Waals surface area (Å²) in [5.41, 5.74) is 0.110. The van der Waals surface area contributed by atoms with Gasteiger partial charge in [-0.15, -0.1) is 0 Å². The van der Waals surface area contributed by atoms with Gasteiger partial charge in [0.2, 0.25) is 0 Å². The summed E-state index contributed by atoms with van der Waals surface area (Å²) in [5.74, 6) is -2.27. The lowest BCUT2D eigenvalue weighted by atomic mass is 9.80. The lowest BCUT2D eigenvalue weighted by Crippen LogP contribution is -2.31. The SMILES string of the molecule is O=C(Nc1cc(F)cc(F)c1)c1ccc(B(O)O)c(Cl)c1. The molecule has 0 heterocycles. The van der Waals surface area contributed by atoms with Crippen LogP contribution < -0.4 is 10.8 Å². The molecule has 0 aromatic heterocycles. The maximum Gasteiger partial charge on any atom is 0.489 e.